The van der Waals surface area contributed by atoms with Crippen LogP contribution in [0.1, 0.15) is 42.2 Å². The number of carbonyl (C=O) groups excluding carboxylic acids is 1. The number of phenols is 1. The van der Waals surface area contributed by atoms with Gasteiger partial charge in [0, 0.05) is 17.4 Å². The average molecular weight is 352 g/mol. The van der Waals surface area contributed by atoms with Gasteiger partial charge in [-0.25, -0.2) is 0 Å². The minimum Gasteiger partial charge on any atom is -0.508 e. The van der Waals surface area contributed by atoms with Gasteiger partial charge in [-0.15, -0.1) is 0 Å². The first-order valence-corrected chi connectivity index (χ1v) is 8.97. The lowest BCUT2D eigenvalue weighted by molar-refractivity contribution is 0.0946. The smallest absolute Gasteiger partial charge is 0.267 e. The summed E-state index contributed by atoms with van der Waals surface area (Å²) in [6.07, 6.45) is 3.38. The highest BCUT2D eigenvalue weighted by Gasteiger charge is 2.10. The van der Waals surface area contributed by atoms with Crippen LogP contribution in [0.4, 0.5) is 0 Å². The highest BCUT2D eigenvalue weighted by Crippen LogP contribution is 2.22. The van der Waals surface area contributed by atoms with Crippen molar-refractivity contribution in [2.45, 2.75) is 32.7 Å². The predicted molar refractivity (Wildman–Crippen MR) is 103 cm³/mol. The van der Waals surface area contributed by atoms with Gasteiger partial charge < -0.3 is 20.1 Å². The summed E-state index contributed by atoms with van der Waals surface area (Å²) in [5.41, 5.74) is 2.24. The molecule has 1 heterocycles. The van der Waals surface area contributed by atoms with E-state index in [0.717, 1.165) is 35.1 Å². The molecule has 3 N–H and O–H groups in total. The number of ether oxygens (including phenoxy) is 1. The molecule has 2 aromatic carbocycles. The van der Waals surface area contributed by atoms with E-state index in [-0.39, 0.29) is 11.7 Å². The monoisotopic (exact) mass is 352 g/mol. The van der Waals surface area contributed by atoms with Crippen LogP contribution < -0.4 is 10.1 Å². The summed E-state index contributed by atoms with van der Waals surface area (Å²) >= 11 is 0. The summed E-state index contributed by atoms with van der Waals surface area (Å²) in [5.74, 6) is 0.822. The van der Waals surface area contributed by atoms with E-state index in [1.807, 2.05) is 30.3 Å². The number of aromatic hydroxyl groups is 1. The lowest BCUT2D eigenvalue weighted by atomic mass is 10.2. The van der Waals surface area contributed by atoms with Crippen molar-refractivity contribution in [3.63, 3.8) is 0 Å². The molecule has 3 aromatic rings. The fraction of sp³-hybridized carbons (Fsp3) is 0.286. The van der Waals surface area contributed by atoms with Crippen molar-refractivity contribution in [1.82, 2.24) is 10.3 Å². The molecule has 136 valence electrons. The number of hydrogen-bond acceptors (Lipinski definition) is 3. The van der Waals surface area contributed by atoms with Gasteiger partial charge in [0.05, 0.1) is 6.61 Å². The summed E-state index contributed by atoms with van der Waals surface area (Å²) in [6.45, 7) is 3.23. The van der Waals surface area contributed by atoms with E-state index in [1.54, 1.807) is 18.2 Å². The average Bonchev–Trinajstić information content (AvgIpc) is 3.07. The highest BCUT2D eigenvalue weighted by molar-refractivity contribution is 5.98. The Morgan fingerprint density at radius 1 is 1.15 bits per heavy atom. The van der Waals surface area contributed by atoms with Crippen molar-refractivity contribution in [2.75, 3.05) is 6.61 Å². The minimum absolute atomic E-state index is 0.185. The van der Waals surface area contributed by atoms with Gasteiger partial charge in [0.15, 0.2) is 0 Å². The molecule has 0 aliphatic heterocycles. The van der Waals surface area contributed by atoms with Crippen LogP contribution in [0, 0.1) is 0 Å². The number of phenolic OH excluding ortho intramolecular Hbond substituents is 1. The molecule has 26 heavy (non-hydrogen) atoms. The molecule has 5 heteroatoms. The summed E-state index contributed by atoms with van der Waals surface area (Å²) in [6, 6.07) is 14.5. The molecule has 0 atom stereocenters. The highest BCUT2D eigenvalue weighted by atomic mass is 16.5. The largest absolute Gasteiger partial charge is 0.508 e. The van der Waals surface area contributed by atoms with Gasteiger partial charge in [-0.05, 0) is 48.4 Å². The van der Waals surface area contributed by atoms with Gasteiger partial charge in [-0.1, -0.05) is 31.9 Å². The van der Waals surface area contributed by atoms with Gasteiger partial charge in [0.25, 0.3) is 5.91 Å². The van der Waals surface area contributed by atoms with Crippen LogP contribution in [0.2, 0.25) is 0 Å². The molecule has 3 rings (SSSR count). The quantitative estimate of drug-likeness (QED) is 0.527. The van der Waals surface area contributed by atoms with Crippen LogP contribution in [0.3, 0.4) is 0 Å². The standard InChI is InChI=1S/C21H24N2O3/c1-2-3-4-10-26-18-8-9-19-16(12-18)13-20(23-19)21(25)22-14-15-6-5-7-17(24)11-15/h5-9,11-13,23-24H,2-4,10,14H2,1H3,(H,22,25). The molecule has 0 radical (unpaired) electrons. The number of nitrogens with one attached hydrogen (secondary N) is 2. The number of H-pyrrole nitrogens is 1. The molecule has 0 fully saturated rings. The van der Waals surface area contributed by atoms with E-state index in [1.165, 1.54) is 6.42 Å². The molecule has 1 aromatic heterocycles. The van der Waals surface area contributed by atoms with E-state index < -0.39 is 0 Å². The van der Waals surface area contributed by atoms with Gasteiger partial charge in [-0.3, -0.25) is 4.79 Å². The Hall–Kier alpha value is -2.95. The fourth-order valence-corrected chi connectivity index (χ4v) is 2.81. The van der Waals surface area contributed by atoms with Gasteiger partial charge in [0.1, 0.15) is 17.2 Å². The fourth-order valence-electron chi connectivity index (χ4n) is 2.81. The lowest BCUT2D eigenvalue weighted by Crippen LogP contribution is -2.22. The second kappa shape index (κ2) is 8.43. The Bertz CT molecular complexity index is 886. The molecular weight excluding hydrogens is 328 g/mol. The van der Waals surface area contributed by atoms with E-state index in [0.29, 0.717) is 18.8 Å². The topological polar surface area (TPSA) is 74.4 Å². The van der Waals surface area contributed by atoms with Crippen molar-refractivity contribution in [3.8, 4) is 11.5 Å². The summed E-state index contributed by atoms with van der Waals surface area (Å²) in [4.78, 5) is 15.5. The second-order valence-corrected chi connectivity index (χ2v) is 6.34. The zero-order valence-electron chi connectivity index (χ0n) is 14.9. The molecule has 0 saturated carbocycles. The molecule has 0 saturated heterocycles. The van der Waals surface area contributed by atoms with E-state index in [9.17, 15) is 9.90 Å². The Labute approximate surface area is 153 Å². The van der Waals surface area contributed by atoms with Crippen LogP contribution >= 0.6 is 0 Å². The van der Waals surface area contributed by atoms with E-state index in [4.69, 9.17) is 4.74 Å². The maximum absolute atomic E-state index is 12.4. The zero-order valence-corrected chi connectivity index (χ0v) is 14.9. The number of fused-ring (bicyclic) bond motifs is 1. The number of carbonyl (C=O) groups is 1. The van der Waals surface area contributed by atoms with Crippen molar-refractivity contribution in [3.05, 3.63) is 59.8 Å². The van der Waals surface area contributed by atoms with E-state index in [2.05, 4.69) is 17.2 Å². The normalized spacial score (nSPS) is 10.8. The first-order valence-electron chi connectivity index (χ1n) is 8.97. The molecule has 1 amide bonds. The van der Waals surface area contributed by atoms with Gasteiger partial charge >= 0.3 is 0 Å². The predicted octanol–water partition coefficient (Wildman–Crippen LogP) is 4.37. The van der Waals surface area contributed by atoms with Gasteiger partial charge in [-0.2, -0.15) is 0 Å². The Morgan fingerprint density at radius 3 is 2.85 bits per heavy atom. The molecule has 5 nitrogen and oxygen atoms in total. The lowest BCUT2D eigenvalue weighted by Gasteiger charge is -2.05. The van der Waals surface area contributed by atoms with Crippen LogP contribution in [-0.2, 0) is 6.54 Å². The molecule has 0 aliphatic rings. The van der Waals surface area contributed by atoms with Crippen LogP contribution in [0.5, 0.6) is 11.5 Å². The van der Waals surface area contributed by atoms with Crippen molar-refractivity contribution < 1.29 is 14.6 Å². The first-order chi connectivity index (χ1) is 12.7. The third-order valence-electron chi connectivity index (χ3n) is 4.22. The number of aromatic amines is 1. The van der Waals surface area contributed by atoms with E-state index >= 15 is 0 Å². The third-order valence-corrected chi connectivity index (χ3v) is 4.22. The number of amides is 1. The van der Waals surface area contributed by atoms with Crippen molar-refractivity contribution >= 4 is 16.8 Å². The summed E-state index contributed by atoms with van der Waals surface area (Å²) in [5, 5.41) is 13.3. The zero-order chi connectivity index (χ0) is 18.4. The number of benzene rings is 2. The Morgan fingerprint density at radius 2 is 2.04 bits per heavy atom. The van der Waals surface area contributed by atoms with Gasteiger partial charge in [0.2, 0.25) is 0 Å². The molecular formula is C21H24N2O3. The number of rotatable bonds is 8. The second-order valence-electron chi connectivity index (χ2n) is 6.34. The van der Waals surface area contributed by atoms with Crippen LogP contribution in [0.15, 0.2) is 48.5 Å². The summed E-state index contributed by atoms with van der Waals surface area (Å²) in [7, 11) is 0. The molecule has 0 bridgehead atoms. The van der Waals surface area contributed by atoms with Crippen LogP contribution in [0.25, 0.3) is 10.9 Å². The number of unbranched alkanes of at least 4 members (excludes halogenated alkanes) is 2. The van der Waals surface area contributed by atoms with Crippen LogP contribution in [-0.4, -0.2) is 22.6 Å². The maximum Gasteiger partial charge on any atom is 0.267 e. The third kappa shape index (κ3) is 4.57. The minimum atomic E-state index is -0.185. The summed E-state index contributed by atoms with van der Waals surface area (Å²) < 4.78 is 5.76. The maximum atomic E-state index is 12.4. The Kier molecular flexibility index (Phi) is 5.79. The van der Waals surface area contributed by atoms with Crippen molar-refractivity contribution in [1.29, 1.82) is 0 Å². The number of hydrogen-bond donors (Lipinski definition) is 3. The first kappa shape index (κ1) is 17.9. The molecule has 0 aliphatic carbocycles. The van der Waals surface area contributed by atoms with Crippen molar-refractivity contribution in [2.24, 2.45) is 0 Å². The molecule has 0 spiro atoms. The molecule has 0 unspecified atom stereocenters. The number of aromatic nitrogens is 1. The SMILES string of the molecule is CCCCCOc1ccc2[nH]c(C(=O)NCc3cccc(O)c3)cc2c1. The Balaban J connectivity index is 1.63.